The van der Waals surface area contributed by atoms with Crippen LogP contribution in [0.3, 0.4) is 0 Å². The lowest BCUT2D eigenvalue weighted by Crippen LogP contribution is -2.40. The summed E-state index contributed by atoms with van der Waals surface area (Å²) in [7, 11) is 2.04. The minimum Gasteiger partial charge on any atom is -0.379 e. The molecule has 0 aromatic heterocycles. The highest BCUT2D eigenvalue weighted by Gasteiger charge is 2.23. The second-order valence-electron chi connectivity index (χ2n) is 7.70. The van der Waals surface area contributed by atoms with Gasteiger partial charge in [-0.2, -0.15) is 0 Å². The second kappa shape index (κ2) is 12.4. The summed E-state index contributed by atoms with van der Waals surface area (Å²) in [6.07, 6.45) is 4.89. The number of aliphatic imine (C=N–C) groups is 1. The first-order chi connectivity index (χ1) is 13.7. The molecule has 0 atom stereocenters. The fraction of sp³-hybridized carbons (Fsp3) is 0.636. The molecule has 0 saturated heterocycles. The molecule has 6 nitrogen and oxygen atoms in total. The molecule has 1 amide bonds. The van der Waals surface area contributed by atoms with Crippen LogP contribution in [0.2, 0.25) is 0 Å². The summed E-state index contributed by atoms with van der Waals surface area (Å²) in [6.45, 7) is 6.79. The Morgan fingerprint density at radius 2 is 2.14 bits per heavy atom. The van der Waals surface area contributed by atoms with Gasteiger partial charge in [0, 0.05) is 51.9 Å². The Morgan fingerprint density at radius 3 is 2.90 bits per heavy atom. The number of amides is 1. The van der Waals surface area contributed by atoms with Crippen LogP contribution in [0.4, 0.5) is 5.69 Å². The highest BCUT2D eigenvalue weighted by atomic mass is 127. The molecule has 1 aliphatic carbocycles. The first-order valence-electron chi connectivity index (χ1n) is 10.6. The van der Waals surface area contributed by atoms with Crippen molar-refractivity contribution in [3.63, 3.8) is 0 Å². The van der Waals surface area contributed by atoms with Gasteiger partial charge in [0.2, 0.25) is 5.91 Å². The number of rotatable bonds is 10. The van der Waals surface area contributed by atoms with Crippen molar-refractivity contribution >= 4 is 41.5 Å². The average molecular weight is 514 g/mol. The molecule has 0 unspecified atom stereocenters. The molecule has 1 heterocycles. The number of guanidine groups is 1. The lowest BCUT2D eigenvalue weighted by atomic mass is 10.2. The van der Waals surface area contributed by atoms with Crippen molar-refractivity contribution in [1.29, 1.82) is 0 Å². The molecule has 29 heavy (non-hydrogen) atoms. The third-order valence-electron chi connectivity index (χ3n) is 5.32. The zero-order chi connectivity index (χ0) is 19.8. The molecule has 2 aliphatic rings. The van der Waals surface area contributed by atoms with Crippen molar-refractivity contribution in [3.05, 3.63) is 29.8 Å². The van der Waals surface area contributed by atoms with E-state index in [-0.39, 0.29) is 29.9 Å². The molecule has 162 valence electrons. The zero-order valence-corrected chi connectivity index (χ0v) is 20.1. The predicted octanol–water partition coefficient (Wildman–Crippen LogP) is 3.30. The maximum Gasteiger partial charge on any atom is 0.227 e. The number of nitrogens with zero attached hydrogens (tertiary/aromatic N) is 3. The normalized spacial score (nSPS) is 15.7. The molecular weight excluding hydrogens is 479 g/mol. The molecule has 1 aliphatic heterocycles. The lowest BCUT2D eigenvalue weighted by molar-refractivity contribution is -0.118. The van der Waals surface area contributed by atoms with Crippen molar-refractivity contribution < 1.29 is 9.53 Å². The summed E-state index contributed by atoms with van der Waals surface area (Å²) in [5.74, 6) is 1.88. The van der Waals surface area contributed by atoms with Gasteiger partial charge in [0.15, 0.2) is 5.96 Å². The monoisotopic (exact) mass is 514 g/mol. The van der Waals surface area contributed by atoms with Crippen LogP contribution in [0.5, 0.6) is 0 Å². The fourth-order valence-corrected chi connectivity index (χ4v) is 3.46. The zero-order valence-electron chi connectivity index (χ0n) is 17.7. The number of fused-ring (bicyclic) bond motifs is 1. The molecule has 1 saturated carbocycles. The predicted molar refractivity (Wildman–Crippen MR) is 129 cm³/mol. The number of ether oxygens (including phenoxy) is 1. The van der Waals surface area contributed by atoms with Crippen LogP contribution in [0.15, 0.2) is 29.3 Å². The summed E-state index contributed by atoms with van der Waals surface area (Å²) in [5, 5.41) is 3.33. The summed E-state index contributed by atoms with van der Waals surface area (Å²) in [5.41, 5.74) is 2.35. The third-order valence-corrected chi connectivity index (χ3v) is 5.32. The van der Waals surface area contributed by atoms with E-state index in [4.69, 9.17) is 4.74 Å². The number of likely N-dealkylation sites (N-methyl/N-ethyl adjacent to an activating group) is 1. The number of carbonyl (C=O) groups excluding carboxylic acids is 1. The SMILES string of the molecule is CCNC(=NCCCC(=O)N1CCc2ccccc21)N(C)CCOCC1CC1.I. The van der Waals surface area contributed by atoms with E-state index in [1.807, 2.05) is 30.1 Å². The minimum atomic E-state index is 0. The van der Waals surface area contributed by atoms with Crippen LogP contribution in [0, 0.1) is 5.92 Å². The van der Waals surface area contributed by atoms with E-state index in [9.17, 15) is 4.79 Å². The van der Waals surface area contributed by atoms with Crippen LogP contribution < -0.4 is 10.2 Å². The van der Waals surface area contributed by atoms with Gasteiger partial charge in [-0.25, -0.2) is 0 Å². The Hall–Kier alpha value is -1.35. The van der Waals surface area contributed by atoms with Crippen LogP contribution in [0.1, 0.15) is 38.2 Å². The number of carbonyl (C=O) groups is 1. The van der Waals surface area contributed by atoms with E-state index in [1.54, 1.807) is 0 Å². The van der Waals surface area contributed by atoms with Crippen LogP contribution >= 0.6 is 24.0 Å². The Morgan fingerprint density at radius 1 is 1.34 bits per heavy atom. The molecule has 1 fully saturated rings. The number of anilines is 1. The maximum atomic E-state index is 12.6. The quantitative estimate of drug-likeness (QED) is 0.225. The van der Waals surface area contributed by atoms with Crippen molar-refractivity contribution in [3.8, 4) is 0 Å². The molecular formula is C22H35IN4O2. The number of hydrogen-bond acceptors (Lipinski definition) is 3. The van der Waals surface area contributed by atoms with Gasteiger partial charge >= 0.3 is 0 Å². The van der Waals surface area contributed by atoms with Gasteiger partial charge in [-0.15, -0.1) is 24.0 Å². The van der Waals surface area contributed by atoms with Crippen molar-refractivity contribution in [2.45, 2.75) is 39.0 Å². The van der Waals surface area contributed by atoms with Crippen LogP contribution in [0.25, 0.3) is 0 Å². The van der Waals surface area contributed by atoms with Gasteiger partial charge in [0.05, 0.1) is 6.61 Å². The Balaban J connectivity index is 0.00000300. The van der Waals surface area contributed by atoms with E-state index in [0.29, 0.717) is 13.0 Å². The number of halogens is 1. The van der Waals surface area contributed by atoms with Gasteiger partial charge < -0.3 is 19.9 Å². The van der Waals surface area contributed by atoms with E-state index < -0.39 is 0 Å². The van der Waals surface area contributed by atoms with Crippen LogP contribution in [-0.4, -0.2) is 63.2 Å². The highest BCUT2D eigenvalue weighted by Crippen LogP contribution is 2.29. The smallest absolute Gasteiger partial charge is 0.227 e. The van der Waals surface area contributed by atoms with Gasteiger partial charge in [-0.1, -0.05) is 18.2 Å². The van der Waals surface area contributed by atoms with Crippen molar-refractivity contribution in [1.82, 2.24) is 10.2 Å². The summed E-state index contributed by atoms with van der Waals surface area (Å²) >= 11 is 0. The molecule has 3 rings (SSSR count). The summed E-state index contributed by atoms with van der Waals surface area (Å²) in [4.78, 5) is 21.3. The molecule has 0 spiro atoms. The van der Waals surface area contributed by atoms with Crippen molar-refractivity contribution in [2.24, 2.45) is 10.9 Å². The molecule has 0 bridgehead atoms. The average Bonchev–Trinajstić information content (AvgIpc) is 3.43. The Labute approximate surface area is 192 Å². The first kappa shape index (κ1) is 23.9. The minimum absolute atomic E-state index is 0. The van der Waals surface area contributed by atoms with Crippen LogP contribution in [-0.2, 0) is 16.0 Å². The number of nitrogens with one attached hydrogen (secondary N) is 1. The number of para-hydroxylation sites is 1. The van der Waals surface area contributed by atoms with Gasteiger partial charge in [-0.05, 0) is 50.2 Å². The standard InChI is InChI=1S/C22H34N4O2.HI/c1-3-23-22(25(2)15-16-28-17-18-10-11-18)24-13-6-9-21(27)26-14-12-19-7-4-5-8-20(19)26;/h4-5,7-8,18H,3,6,9-17H2,1-2H3,(H,23,24);1H. The number of hydrogen-bond donors (Lipinski definition) is 1. The maximum absolute atomic E-state index is 12.6. The highest BCUT2D eigenvalue weighted by molar-refractivity contribution is 14.0. The largest absolute Gasteiger partial charge is 0.379 e. The topological polar surface area (TPSA) is 57.2 Å². The molecule has 7 heteroatoms. The molecule has 0 radical (unpaired) electrons. The Kier molecular flexibility index (Phi) is 10.2. The van der Waals surface area contributed by atoms with E-state index in [0.717, 1.165) is 63.3 Å². The van der Waals surface area contributed by atoms with E-state index >= 15 is 0 Å². The first-order valence-corrected chi connectivity index (χ1v) is 10.6. The van der Waals surface area contributed by atoms with Gasteiger partial charge in [0.25, 0.3) is 0 Å². The van der Waals surface area contributed by atoms with Crippen molar-refractivity contribution in [2.75, 3.05) is 51.3 Å². The molecule has 1 aromatic carbocycles. The number of benzene rings is 1. The van der Waals surface area contributed by atoms with Gasteiger partial charge in [0.1, 0.15) is 0 Å². The second-order valence-corrected chi connectivity index (χ2v) is 7.70. The van der Waals surface area contributed by atoms with Gasteiger partial charge in [-0.3, -0.25) is 9.79 Å². The summed E-state index contributed by atoms with van der Waals surface area (Å²) < 4.78 is 5.72. The Bertz CT molecular complexity index is 679. The molecule has 1 N–H and O–H groups in total. The third kappa shape index (κ3) is 7.44. The fourth-order valence-electron chi connectivity index (χ4n) is 3.46. The molecule has 1 aromatic rings. The van der Waals surface area contributed by atoms with E-state index in [1.165, 1.54) is 18.4 Å². The summed E-state index contributed by atoms with van der Waals surface area (Å²) in [6, 6.07) is 8.20. The van der Waals surface area contributed by atoms with E-state index in [2.05, 4.69) is 28.2 Å². The lowest BCUT2D eigenvalue weighted by Gasteiger charge is -2.22.